The van der Waals surface area contributed by atoms with Gasteiger partial charge >= 0.3 is 0 Å². The van der Waals surface area contributed by atoms with Gasteiger partial charge in [-0.2, -0.15) is 0 Å². The van der Waals surface area contributed by atoms with Crippen LogP contribution in [0.1, 0.15) is 44.9 Å². The summed E-state index contributed by atoms with van der Waals surface area (Å²) in [5, 5.41) is 9.20. The second kappa shape index (κ2) is 13.5. The normalized spacial score (nSPS) is 11.6. The summed E-state index contributed by atoms with van der Waals surface area (Å²) in [5.41, 5.74) is 11.7. The molecule has 0 radical (unpaired) electrons. The second-order valence-corrected chi connectivity index (χ2v) is 15.9. The molecule has 1 heteroatoms. The molecule has 0 aliphatic rings. The average molecular weight is 661 g/mol. The molecule has 0 saturated heterocycles. The van der Waals surface area contributed by atoms with Crippen LogP contribution in [-0.2, 0) is 0 Å². The van der Waals surface area contributed by atoms with Gasteiger partial charge in [0.1, 0.15) is 0 Å². The van der Waals surface area contributed by atoms with E-state index >= 15 is 0 Å². The van der Waals surface area contributed by atoms with E-state index in [0.29, 0.717) is 0 Å². The fourth-order valence-corrected chi connectivity index (χ4v) is 9.83. The number of benzene rings is 8. The number of aryl methyl sites for hydroxylation is 4. The summed E-state index contributed by atoms with van der Waals surface area (Å²) in [7, 11) is -0.893. The SMILES string of the molecule is Cc1ccc(C(c2ccc(C)cc2)c2ccc3ccccc3c2-c2c(P(c3ccc(C)cc3)c3ccc(C)cc3)ccc3ccccc23)cc1. The van der Waals surface area contributed by atoms with E-state index in [4.69, 9.17) is 0 Å². The van der Waals surface area contributed by atoms with Gasteiger partial charge in [0.15, 0.2) is 0 Å². The van der Waals surface area contributed by atoms with Crippen molar-refractivity contribution in [2.45, 2.75) is 33.6 Å². The maximum atomic E-state index is 2.43. The molecule has 242 valence electrons. The van der Waals surface area contributed by atoms with Gasteiger partial charge in [0.25, 0.3) is 0 Å². The Morgan fingerprint density at radius 2 is 0.760 bits per heavy atom. The van der Waals surface area contributed by atoms with E-state index in [1.807, 2.05) is 0 Å². The highest BCUT2D eigenvalue weighted by atomic mass is 31.1. The minimum Gasteiger partial charge on any atom is -0.0616 e. The molecule has 0 N–H and O–H groups in total. The summed E-state index contributed by atoms with van der Waals surface area (Å²) < 4.78 is 0. The molecule has 0 aromatic heterocycles. The third-order valence-corrected chi connectivity index (χ3v) is 12.6. The summed E-state index contributed by atoms with van der Waals surface area (Å²) in [6.07, 6.45) is 0. The highest BCUT2D eigenvalue weighted by Crippen LogP contribution is 2.47. The molecule has 0 unspecified atom stereocenters. The van der Waals surface area contributed by atoms with Gasteiger partial charge in [-0.3, -0.25) is 0 Å². The first-order valence-corrected chi connectivity index (χ1v) is 18.9. The molecule has 0 bridgehead atoms. The molecule has 50 heavy (non-hydrogen) atoms. The first-order valence-electron chi connectivity index (χ1n) is 17.5. The van der Waals surface area contributed by atoms with E-state index in [1.165, 1.54) is 87.5 Å². The molecule has 0 amide bonds. The van der Waals surface area contributed by atoms with Crippen molar-refractivity contribution in [2.24, 2.45) is 0 Å². The van der Waals surface area contributed by atoms with Crippen molar-refractivity contribution in [3.05, 3.63) is 209 Å². The Morgan fingerprint density at radius 3 is 1.24 bits per heavy atom. The molecule has 0 aliphatic carbocycles. The van der Waals surface area contributed by atoms with Gasteiger partial charge in [-0.05, 0) is 101 Å². The van der Waals surface area contributed by atoms with Crippen molar-refractivity contribution in [3.63, 3.8) is 0 Å². The summed E-state index contributed by atoms with van der Waals surface area (Å²) >= 11 is 0. The number of hydrogen-bond donors (Lipinski definition) is 0. The standard InChI is InChI=1S/C49H41P/c1-33-13-21-39(22-14-33)47(40-23-15-34(2)16-24-40)45-31-25-37-9-5-7-11-43(37)48(45)49-44-12-8-6-10-38(44)26-32-46(49)50(41-27-17-35(3)18-28-41)42-29-19-36(4)20-30-42/h5-32,47H,1-4H3. The molecule has 0 nitrogen and oxygen atoms in total. The molecule has 0 fully saturated rings. The Bertz CT molecular complexity index is 2170. The number of fused-ring (bicyclic) bond motifs is 2. The van der Waals surface area contributed by atoms with Crippen molar-refractivity contribution >= 4 is 45.4 Å². The lowest BCUT2D eigenvalue weighted by Gasteiger charge is -2.28. The third kappa shape index (κ3) is 6.06. The van der Waals surface area contributed by atoms with E-state index < -0.39 is 7.92 Å². The fourth-order valence-electron chi connectivity index (χ4n) is 7.40. The molecule has 0 aliphatic heterocycles. The van der Waals surface area contributed by atoms with Crippen molar-refractivity contribution < 1.29 is 0 Å². The van der Waals surface area contributed by atoms with Crippen LogP contribution in [0, 0.1) is 27.7 Å². The lowest BCUT2D eigenvalue weighted by molar-refractivity contribution is 0.980. The summed E-state index contributed by atoms with van der Waals surface area (Å²) in [4.78, 5) is 0. The van der Waals surface area contributed by atoms with Crippen molar-refractivity contribution in [3.8, 4) is 11.1 Å². The molecule has 8 aromatic rings. The van der Waals surface area contributed by atoms with E-state index in [2.05, 4.69) is 198 Å². The largest absolute Gasteiger partial charge is 0.0616 e. The minimum absolute atomic E-state index is 0.0487. The fraction of sp³-hybridized carbons (Fsp3) is 0.102. The van der Waals surface area contributed by atoms with Crippen LogP contribution in [0.5, 0.6) is 0 Å². The molecule has 0 spiro atoms. The molecular weight excluding hydrogens is 620 g/mol. The number of hydrogen-bond acceptors (Lipinski definition) is 0. The zero-order valence-electron chi connectivity index (χ0n) is 29.2. The van der Waals surface area contributed by atoms with Crippen LogP contribution < -0.4 is 15.9 Å². The Kier molecular flexibility index (Phi) is 8.66. The van der Waals surface area contributed by atoms with Crippen molar-refractivity contribution in [2.75, 3.05) is 0 Å². The van der Waals surface area contributed by atoms with Crippen LogP contribution in [0.4, 0.5) is 0 Å². The molecule has 8 rings (SSSR count). The van der Waals surface area contributed by atoms with Gasteiger partial charge in [0.2, 0.25) is 0 Å². The third-order valence-electron chi connectivity index (χ3n) is 10.1. The van der Waals surface area contributed by atoms with E-state index in [-0.39, 0.29) is 5.92 Å². The summed E-state index contributed by atoms with van der Waals surface area (Å²) in [5.74, 6) is 0.0487. The van der Waals surface area contributed by atoms with Crippen molar-refractivity contribution in [1.82, 2.24) is 0 Å². The van der Waals surface area contributed by atoms with Gasteiger partial charge in [-0.25, -0.2) is 0 Å². The smallest absolute Gasteiger partial charge is 0.0346 e. The quantitative estimate of drug-likeness (QED) is 0.118. The molecule has 0 saturated carbocycles. The van der Waals surface area contributed by atoms with Crippen LogP contribution in [0.3, 0.4) is 0 Å². The lowest BCUT2D eigenvalue weighted by Crippen LogP contribution is -2.23. The Hall–Kier alpha value is -5.29. The van der Waals surface area contributed by atoms with Gasteiger partial charge in [-0.15, -0.1) is 0 Å². The van der Waals surface area contributed by atoms with Gasteiger partial charge in [0.05, 0.1) is 0 Å². The zero-order chi connectivity index (χ0) is 34.2. The maximum Gasteiger partial charge on any atom is 0.0346 e. The van der Waals surface area contributed by atoms with Gasteiger partial charge in [0, 0.05) is 5.92 Å². The first-order chi connectivity index (χ1) is 24.4. The highest BCUT2D eigenvalue weighted by molar-refractivity contribution is 7.80. The van der Waals surface area contributed by atoms with Crippen molar-refractivity contribution in [1.29, 1.82) is 0 Å². The maximum absolute atomic E-state index is 2.43. The monoisotopic (exact) mass is 660 g/mol. The van der Waals surface area contributed by atoms with Gasteiger partial charge < -0.3 is 0 Å². The Morgan fingerprint density at radius 1 is 0.360 bits per heavy atom. The van der Waals surface area contributed by atoms with E-state index in [0.717, 1.165) is 0 Å². The topological polar surface area (TPSA) is 0 Å². The van der Waals surface area contributed by atoms with Crippen LogP contribution in [0.25, 0.3) is 32.7 Å². The van der Waals surface area contributed by atoms with Crippen LogP contribution >= 0.6 is 7.92 Å². The minimum atomic E-state index is -0.893. The molecular formula is C49H41P. The van der Waals surface area contributed by atoms with Crippen LogP contribution in [-0.4, -0.2) is 0 Å². The van der Waals surface area contributed by atoms with E-state index in [1.54, 1.807) is 0 Å². The molecule has 8 aromatic carbocycles. The molecule has 0 atom stereocenters. The number of rotatable bonds is 7. The predicted molar refractivity (Wildman–Crippen MR) is 218 cm³/mol. The summed E-state index contributed by atoms with van der Waals surface area (Å²) in [6, 6.07) is 64.3. The second-order valence-electron chi connectivity index (χ2n) is 13.7. The zero-order valence-corrected chi connectivity index (χ0v) is 30.1. The van der Waals surface area contributed by atoms with E-state index in [9.17, 15) is 0 Å². The van der Waals surface area contributed by atoms with Crippen LogP contribution in [0.15, 0.2) is 170 Å². The molecule has 0 heterocycles. The van der Waals surface area contributed by atoms with Crippen LogP contribution in [0.2, 0.25) is 0 Å². The first kappa shape index (κ1) is 31.9. The Balaban J connectivity index is 1.51. The Labute approximate surface area is 297 Å². The summed E-state index contributed by atoms with van der Waals surface area (Å²) in [6.45, 7) is 8.70. The average Bonchev–Trinajstić information content (AvgIpc) is 3.15. The predicted octanol–water partition coefficient (Wildman–Crippen LogP) is 11.8. The lowest BCUT2D eigenvalue weighted by atomic mass is 9.78. The van der Waals surface area contributed by atoms with Gasteiger partial charge in [-0.1, -0.05) is 192 Å². The highest BCUT2D eigenvalue weighted by Gasteiger charge is 2.28.